The molecule has 0 saturated heterocycles. The van der Waals surface area contributed by atoms with Crippen LogP contribution in [0, 0.1) is 13.8 Å². The minimum absolute atomic E-state index is 0.0527. The summed E-state index contributed by atoms with van der Waals surface area (Å²) in [6.45, 7) is 9.72. The summed E-state index contributed by atoms with van der Waals surface area (Å²) in [5.41, 5.74) is 2.77. The number of aryl methyl sites for hydroxylation is 2. The maximum Gasteiger partial charge on any atom is 0.323 e. The highest BCUT2D eigenvalue weighted by Gasteiger charge is 2.20. The maximum atomic E-state index is 13.0. The molecule has 0 aliphatic rings. The Hall–Kier alpha value is -2.47. The van der Waals surface area contributed by atoms with Gasteiger partial charge in [0.15, 0.2) is 0 Å². The highest BCUT2D eigenvalue weighted by molar-refractivity contribution is 7.19. The highest BCUT2D eigenvalue weighted by atomic mass is 32.1. The molecule has 0 radical (unpaired) electrons. The monoisotopic (exact) mass is 370 g/mol. The third kappa shape index (κ3) is 3.17. The molecule has 26 heavy (non-hydrogen) atoms. The van der Waals surface area contributed by atoms with E-state index in [1.165, 1.54) is 21.5 Å². The fraction of sp³-hybridized carbons (Fsp3) is 0.350. The molecule has 1 aromatic carbocycles. The van der Waals surface area contributed by atoms with Crippen molar-refractivity contribution in [1.29, 1.82) is 0 Å². The lowest BCUT2D eigenvalue weighted by atomic mass is 9.86. The van der Waals surface area contributed by atoms with Crippen molar-refractivity contribution in [1.82, 2.24) is 9.55 Å². The molecule has 2 heterocycles. The van der Waals surface area contributed by atoms with E-state index in [9.17, 15) is 9.59 Å². The fourth-order valence-corrected chi connectivity index (χ4v) is 4.18. The lowest BCUT2D eigenvalue weighted by molar-refractivity contribution is -0.137. The van der Waals surface area contributed by atoms with Gasteiger partial charge in [-0.05, 0) is 30.4 Å². The van der Waals surface area contributed by atoms with Crippen molar-refractivity contribution in [2.45, 2.75) is 46.6 Å². The number of rotatable bonds is 3. The first-order valence-corrected chi connectivity index (χ1v) is 9.24. The van der Waals surface area contributed by atoms with Crippen LogP contribution in [0.1, 0.15) is 37.0 Å². The zero-order valence-corrected chi connectivity index (χ0v) is 16.4. The number of hydrogen-bond donors (Lipinski definition) is 1. The minimum atomic E-state index is -1.06. The Kier molecular flexibility index (Phi) is 4.48. The van der Waals surface area contributed by atoms with Crippen LogP contribution in [-0.2, 0) is 16.8 Å². The summed E-state index contributed by atoms with van der Waals surface area (Å²) in [4.78, 5) is 30.2. The van der Waals surface area contributed by atoms with Gasteiger partial charge in [0, 0.05) is 10.4 Å². The SMILES string of the molecule is Cc1sc2nc(C)n(CC(=O)O)c(=O)c2c1-c1ccc(C(C)(C)C)cc1. The van der Waals surface area contributed by atoms with Gasteiger partial charge in [0.1, 0.15) is 17.2 Å². The highest BCUT2D eigenvalue weighted by Crippen LogP contribution is 2.36. The Labute approximate surface area is 155 Å². The molecule has 0 unspecified atom stereocenters. The molecule has 2 aromatic heterocycles. The van der Waals surface area contributed by atoms with Crippen molar-refractivity contribution in [2.24, 2.45) is 0 Å². The zero-order chi connectivity index (χ0) is 19.2. The van der Waals surface area contributed by atoms with Crippen LogP contribution in [0.2, 0.25) is 0 Å². The number of carboxylic acid groups (broad SMARTS) is 1. The quantitative estimate of drug-likeness (QED) is 0.753. The Bertz CT molecular complexity index is 1050. The number of carbonyl (C=O) groups is 1. The molecule has 0 spiro atoms. The topological polar surface area (TPSA) is 72.2 Å². The molecule has 0 fully saturated rings. The van der Waals surface area contributed by atoms with Gasteiger partial charge in [-0.2, -0.15) is 0 Å². The second-order valence-electron chi connectivity index (χ2n) is 7.48. The van der Waals surface area contributed by atoms with Crippen LogP contribution in [0.25, 0.3) is 21.3 Å². The van der Waals surface area contributed by atoms with Gasteiger partial charge >= 0.3 is 5.97 Å². The van der Waals surface area contributed by atoms with Crippen molar-refractivity contribution in [3.05, 3.63) is 50.9 Å². The van der Waals surface area contributed by atoms with Gasteiger partial charge in [0.05, 0.1) is 5.39 Å². The molecule has 0 amide bonds. The van der Waals surface area contributed by atoms with E-state index in [0.29, 0.717) is 16.0 Å². The van der Waals surface area contributed by atoms with E-state index in [4.69, 9.17) is 5.11 Å². The van der Waals surface area contributed by atoms with E-state index < -0.39 is 5.97 Å². The first-order valence-electron chi connectivity index (χ1n) is 8.43. The van der Waals surface area contributed by atoms with Gasteiger partial charge < -0.3 is 5.11 Å². The van der Waals surface area contributed by atoms with Crippen LogP contribution in [0.4, 0.5) is 0 Å². The molecule has 1 N–H and O–H groups in total. The number of fused-ring (bicyclic) bond motifs is 1. The summed E-state index contributed by atoms with van der Waals surface area (Å²) in [5.74, 6) is -0.639. The van der Waals surface area contributed by atoms with Gasteiger partial charge in [-0.15, -0.1) is 11.3 Å². The molecular weight excluding hydrogens is 348 g/mol. The molecule has 3 aromatic rings. The molecule has 3 rings (SSSR count). The van der Waals surface area contributed by atoms with Gasteiger partial charge in [0.2, 0.25) is 0 Å². The summed E-state index contributed by atoms with van der Waals surface area (Å²) < 4.78 is 1.23. The van der Waals surface area contributed by atoms with E-state index in [0.717, 1.165) is 16.0 Å². The predicted molar refractivity (Wildman–Crippen MR) is 105 cm³/mol. The number of carboxylic acids is 1. The van der Waals surface area contributed by atoms with Crippen molar-refractivity contribution in [3.8, 4) is 11.1 Å². The average molecular weight is 370 g/mol. The first kappa shape index (κ1) is 18.3. The molecule has 0 bridgehead atoms. The van der Waals surface area contributed by atoms with E-state index in [-0.39, 0.29) is 17.5 Å². The largest absolute Gasteiger partial charge is 0.480 e. The number of aliphatic carboxylic acids is 1. The Morgan fingerprint density at radius 2 is 1.81 bits per heavy atom. The van der Waals surface area contributed by atoms with Crippen LogP contribution in [-0.4, -0.2) is 20.6 Å². The van der Waals surface area contributed by atoms with Gasteiger partial charge in [0.25, 0.3) is 5.56 Å². The molecule has 0 aliphatic heterocycles. The van der Waals surface area contributed by atoms with Crippen LogP contribution in [0.15, 0.2) is 29.1 Å². The summed E-state index contributed by atoms with van der Waals surface area (Å²) in [6.07, 6.45) is 0. The van der Waals surface area contributed by atoms with Crippen LogP contribution < -0.4 is 5.56 Å². The Morgan fingerprint density at radius 3 is 2.35 bits per heavy atom. The lowest BCUT2D eigenvalue weighted by Gasteiger charge is -2.19. The normalized spacial score (nSPS) is 11.9. The molecular formula is C20H22N2O3S. The third-order valence-electron chi connectivity index (χ3n) is 4.51. The number of aromatic nitrogens is 2. The fourth-order valence-electron chi connectivity index (χ4n) is 3.10. The van der Waals surface area contributed by atoms with E-state index >= 15 is 0 Å². The number of nitrogens with zero attached hydrogens (tertiary/aromatic N) is 2. The summed E-state index contributed by atoms with van der Waals surface area (Å²) in [6, 6.07) is 8.21. The molecule has 0 atom stereocenters. The third-order valence-corrected chi connectivity index (χ3v) is 5.51. The van der Waals surface area contributed by atoms with E-state index in [2.05, 4.69) is 37.9 Å². The predicted octanol–water partition coefficient (Wildman–Crippen LogP) is 4.12. The molecule has 5 nitrogen and oxygen atoms in total. The summed E-state index contributed by atoms with van der Waals surface area (Å²) in [7, 11) is 0. The zero-order valence-electron chi connectivity index (χ0n) is 15.6. The second-order valence-corrected chi connectivity index (χ2v) is 8.69. The molecule has 136 valence electrons. The van der Waals surface area contributed by atoms with Crippen molar-refractivity contribution in [2.75, 3.05) is 0 Å². The smallest absolute Gasteiger partial charge is 0.323 e. The molecule has 0 saturated carbocycles. The maximum absolute atomic E-state index is 13.0. The number of benzene rings is 1. The van der Waals surface area contributed by atoms with Gasteiger partial charge in [-0.3, -0.25) is 14.2 Å². The standard InChI is InChI=1S/C20H22N2O3S/c1-11-16(13-6-8-14(9-7-13)20(3,4)5)17-18(26-11)21-12(2)22(19(17)25)10-15(23)24/h6-9H,10H2,1-5H3,(H,23,24). The Morgan fingerprint density at radius 1 is 1.19 bits per heavy atom. The first-order chi connectivity index (χ1) is 12.1. The van der Waals surface area contributed by atoms with Crippen molar-refractivity contribution in [3.63, 3.8) is 0 Å². The van der Waals surface area contributed by atoms with Crippen molar-refractivity contribution < 1.29 is 9.90 Å². The van der Waals surface area contributed by atoms with Gasteiger partial charge in [-0.1, -0.05) is 45.0 Å². The van der Waals surface area contributed by atoms with Gasteiger partial charge in [-0.25, -0.2) is 4.98 Å². The number of thiophene rings is 1. The summed E-state index contributed by atoms with van der Waals surface area (Å²) >= 11 is 1.47. The minimum Gasteiger partial charge on any atom is -0.480 e. The Balaban J connectivity index is 2.25. The van der Waals surface area contributed by atoms with Crippen LogP contribution in [0.3, 0.4) is 0 Å². The number of hydrogen-bond acceptors (Lipinski definition) is 4. The van der Waals surface area contributed by atoms with Crippen LogP contribution in [0.5, 0.6) is 0 Å². The van der Waals surface area contributed by atoms with Crippen molar-refractivity contribution >= 4 is 27.5 Å². The lowest BCUT2D eigenvalue weighted by Crippen LogP contribution is -2.27. The summed E-state index contributed by atoms with van der Waals surface area (Å²) in [5, 5.41) is 9.60. The van der Waals surface area contributed by atoms with E-state index in [1.54, 1.807) is 6.92 Å². The molecule has 6 heteroatoms. The molecule has 0 aliphatic carbocycles. The van der Waals surface area contributed by atoms with E-state index in [1.807, 2.05) is 19.1 Å². The second kappa shape index (κ2) is 6.36. The van der Waals surface area contributed by atoms with Crippen LogP contribution >= 0.6 is 11.3 Å². The average Bonchev–Trinajstić information content (AvgIpc) is 2.86.